The van der Waals surface area contributed by atoms with Crippen molar-refractivity contribution in [2.75, 3.05) is 31.5 Å². The van der Waals surface area contributed by atoms with E-state index in [1.807, 2.05) is 13.8 Å². The topological polar surface area (TPSA) is 110 Å². The molecule has 8 nitrogen and oxygen atoms in total. The molecule has 0 spiro atoms. The number of unbranched alkanes of at least 4 members (excludes halogenated alkanes) is 1. The number of amides is 3. The quantitative estimate of drug-likeness (QED) is 0.321. The monoisotopic (exact) mass is 597 g/mol. The molecule has 196 valence electrons. The Hall–Kier alpha value is -2.02. The zero-order chi connectivity index (χ0) is 25.1. The molecular weight excluding hydrogens is 568 g/mol. The molecule has 1 fully saturated rings. The molecule has 13 heteroatoms. The summed E-state index contributed by atoms with van der Waals surface area (Å²) in [5.41, 5.74) is 4.92. The third kappa shape index (κ3) is 9.51. The molecule has 1 aliphatic rings. The summed E-state index contributed by atoms with van der Waals surface area (Å²) in [6.07, 6.45) is 4.30. The fraction of sp³-hybridized carbons (Fsp3) is 0.500. The fourth-order valence-corrected chi connectivity index (χ4v) is 4.48. The van der Waals surface area contributed by atoms with Crippen LogP contribution in [-0.4, -0.2) is 47.4 Å². The lowest BCUT2D eigenvalue weighted by Gasteiger charge is -2.14. The molecule has 0 radical (unpaired) electrons. The van der Waals surface area contributed by atoms with Gasteiger partial charge in [0.1, 0.15) is 28.8 Å². The lowest BCUT2D eigenvalue weighted by atomic mass is 10.2. The second kappa shape index (κ2) is 15.9. The molecular formula is C22H31BrClF2N5O3S. The van der Waals surface area contributed by atoms with Gasteiger partial charge in [0.2, 0.25) is 5.88 Å². The number of nitrogens with two attached hydrogens (primary N) is 1. The summed E-state index contributed by atoms with van der Waals surface area (Å²) in [5.74, 6) is -2.71. The predicted octanol–water partition coefficient (Wildman–Crippen LogP) is 5.31. The van der Waals surface area contributed by atoms with E-state index in [1.165, 1.54) is 12.8 Å². The van der Waals surface area contributed by atoms with Gasteiger partial charge in [0.05, 0.1) is 5.56 Å². The van der Waals surface area contributed by atoms with Crippen molar-refractivity contribution in [3.63, 3.8) is 0 Å². The highest BCUT2D eigenvalue weighted by molar-refractivity contribution is 9.10. The number of urea groups is 1. The van der Waals surface area contributed by atoms with Crippen LogP contribution in [0.1, 0.15) is 55.5 Å². The number of halogens is 4. The number of likely N-dealkylation sites (tertiary alicyclic amines) is 1. The first kappa shape index (κ1) is 31.0. The molecule has 0 bridgehead atoms. The van der Waals surface area contributed by atoms with Gasteiger partial charge in [-0.05, 0) is 69.0 Å². The molecule has 3 rings (SSSR count). The lowest BCUT2D eigenvalue weighted by Crippen LogP contribution is -2.30. The highest BCUT2D eigenvalue weighted by Crippen LogP contribution is 2.31. The van der Waals surface area contributed by atoms with Crippen LogP contribution in [0.3, 0.4) is 0 Å². The van der Waals surface area contributed by atoms with Crippen molar-refractivity contribution in [1.82, 2.24) is 14.6 Å². The summed E-state index contributed by atoms with van der Waals surface area (Å²) < 4.78 is 37.5. The average molecular weight is 599 g/mol. The Kier molecular flexibility index (Phi) is 14.1. The van der Waals surface area contributed by atoms with Crippen LogP contribution in [0.4, 0.5) is 18.6 Å². The van der Waals surface area contributed by atoms with Crippen molar-refractivity contribution in [3.05, 3.63) is 39.4 Å². The number of primary amides is 1. The predicted molar refractivity (Wildman–Crippen MR) is 140 cm³/mol. The van der Waals surface area contributed by atoms with Gasteiger partial charge in [-0.2, -0.15) is 4.37 Å². The molecule has 2 aromatic rings. The maximum Gasteiger partial charge on any atom is 0.319 e. The Balaban J connectivity index is 0.00000199. The number of carbonyl (C=O) groups is 2. The van der Waals surface area contributed by atoms with Crippen LogP contribution in [0.5, 0.6) is 5.88 Å². The summed E-state index contributed by atoms with van der Waals surface area (Å²) >= 11 is 3.79. The summed E-state index contributed by atoms with van der Waals surface area (Å²) in [5, 5.41) is 5.35. The molecule has 0 unspecified atom stereocenters. The molecule has 2 heterocycles. The Morgan fingerprint density at radius 2 is 1.83 bits per heavy atom. The lowest BCUT2D eigenvalue weighted by molar-refractivity contribution is 0.0996. The van der Waals surface area contributed by atoms with Crippen molar-refractivity contribution in [2.45, 2.75) is 46.1 Å². The highest BCUT2D eigenvalue weighted by Gasteiger charge is 2.23. The zero-order valence-electron chi connectivity index (χ0n) is 19.7. The van der Waals surface area contributed by atoms with E-state index in [2.05, 4.69) is 35.8 Å². The number of nitrogens with zero attached hydrogens (tertiary/aromatic N) is 2. The van der Waals surface area contributed by atoms with Crippen LogP contribution in [0, 0.1) is 11.6 Å². The molecule has 3 amide bonds. The third-order valence-corrected chi connectivity index (χ3v) is 6.18. The molecule has 1 saturated heterocycles. The van der Waals surface area contributed by atoms with Crippen LogP contribution >= 0.6 is 39.9 Å². The third-order valence-electron chi connectivity index (χ3n) is 4.98. The van der Waals surface area contributed by atoms with Gasteiger partial charge in [-0.1, -0.05) is 29.8 Å². The van der Waals surface area contributed by atoms with E-state index < -0.39 is 30.2 Å². The molecule has 0 saturated carbocycles. The van der Waals surface area contributed by atoms with Crippen LogP contribution in [0.25, 0.3) is 0 Å². The number of aromatic nitrogens is 1. The SMILES string of the molecule is CC.Cl.NC(=O)c1c(OCc2c(F)cc(Br)cc2F)nsc1NC(=O)NCCCCN1CCCC1. The second-order valence-electron chi connectivity index (χ2n) is 7.33. The van der Waals surface area contributed by atoms with Gasteiger partial charge in [-0.3, -0.25) is 10.1 Å². The molecule has 35 heavy (non-hydrogen) atoms. The van der Waals surface area contributed by atoms with Crippen LogP contribution in [0.15, 0.2) is 16.6 Å². The van der Waals surface area contributed by atoms with E-state index in [-0.39, 0.29) is 38.9 Å². The number of ether oxygens (including phenoxy) is 1. The van der Waals surface area contributed by atoms with Gasteiger partial charge in [0, 0.05) is 11.0 Å². The Bertz CT molecular complexity index is 954. The largest absolute Gasteiger partial charge is 0.471 e. The van der Waals surface area contributed by atoms with Crippen molar-refractivity contribution < 1.29 is 23.1 Å². The highest BCUT2D eigenvalue weighted by atomic mass is 79.9. The average Bonchev–Trinajstić information content (AvgIpc) is 3.44. The van der Waals surface area contributed by atoms with Crippen molar-refractivity contribution in [2.24, 2.45) is 5.73 Å². The van der Waals surface area contributed by atoms with Gasteiger partial charge in [0.25, 0.3) is 5.91 Å². The first-order valence-electron chi connectivity index (χ1n) is 11.2. The summed E-state index contributed by atoms with van der Waals surface area (Å²) in [6, 6.07) is 1.69. The fourth-order valence-electron chi connectivity index (χ4n) is 3.34. The Morgan fingerprint density at radius 1 is 1.20 bits per heavy atom. The molecule has 4 N–H and O–H groups in total. The smallest absolute Gasteiger partial charge is 0.319 e. The normalized spacial score (nSPS) is 12.8. The van der Waals surface area contributed by atoms with Gasteiger partial charge in [0.15, 0.2) is 0 Å². The summed E-state index contributed by atoms with van der Waals surface area (Å²) in [4.78, 5) is 26.5. The number of hydrogen-bond donors (Lipinski definition) is 3. The number of anilines is 1. The summed E-state index contributed by atoms with van der Waals surface area (Å²) in [6.45, 7) is 7.28. The molecule has 1 aliphatic heterocycles. The number of rotatable bonds is 10. The number of carbonyl (C=O) groups excluding carboxylic acids is 2. The van der Waals surface area contributed by atoms with Gasteiger partial charge < -0.3 is 20.7 Å². The zero-order valence-corrected chi connectivity index (χ0v) is 22.9. The maximum atomic E-state index is 14.0. The molecule has 0 aliphatic carbocycles. The van der Waals surface area contributed by atoms with Crippen molar-refractivity contribution in [3.8, 4) is 5.88 Å². The second-order valence-corrected chi connectivity index (χ2v) is 9.02. The van der Waals surface area contributed by atoms with Crippen LogP contribution in [-0.2, 0) is 6.61 Å². The first-order chi connectivity index (χ1) is 16.3. The van der Waals surface area contributed by atoms with Gasteiger partial charge >= 0.3 is 6.03 Å². The van der Waals surface area contributed by atoms with E-state index in [1.54, 1.807) is 0 Å². The minimum atomic E-state index is -0.883. The minimum absolute atomic E-state index is 0. The van der Waals surface area contributed by atoms with Gasteiger partial charge in [-0.15, -0.1) is 12.4 Å². The summed E-state index contributed by atoms with van der Waals surface area (Å²) in [7, 11) is 0. The van der Waals surface area contributed by atoms with Crippen LogP contribution < -0.4 is 21.1 Å². The number of hydrogen-bond acceptors (Lipinski definition) is 6. The molecule has 0 atom stereocenters. The van der Waals surface area contributed by atoms with E-state index in [0.29, 0.717) is 6.54 Å². The minimum Gasteiger partial charge on any atom is -0.471 e. The van der Waals surface area contributed by atoms with E-state index in [0.717, 1.165) is 56.1 Å². The van der Waals surface area contributed by atoms with Crippen LogP contribution in [0.2, 0.25) is 0 Å². The first-order valence-corrected chi connectivity index (χ1v) is 12.7. The molecule has 1 aromatic carbocycles. The van der Waals surface area contributed by atoms with Gasteiger partial charge in [-0.25, -0.2) is 13.6 Å². The Labute approximate surface area is 222 Å². The van der Waals surface area contributed by atoms with E-state index in [4.69, 9.17) is 10.5 Å². The standard InChI is InChI=1S/C20H24BrF2N5O3S.C2H6.ClH/c21-12-9-14(22)13(15(23)10-12)11-31-18-16(17(24)29)19(32-27-18)26-20(30)25-5-1-2-6-28-7-3-4-8-28;1-2;/h9-10H,1-8,11H2,(H2,24,29)(H2,25,26,30);1-2H3;1H. The van der Waals surface area contributed by atoms with E-state index in [9.17, 15) is 18.4 Å². The number of benzene rings is 1. The molecule has 1 aromatic heterocycles. The number of nitrogens with one attached hydrogen (secondary N) is 2. The van der Waals surface area contributed by atoms with E-state index >= 15 is 0 Å². The maximum absolute atomic E-state index is 14.0. The Morgan fingerprint density at radius 3 is 2.43 bits per heavy atom. The van der Waals surface area contributed by atoms with Crippen molar-refractivity contribution in [1.29, 1.82) is 0 Å². The van der Waals surface area contributed by atoms with Crippen molar-refractivity contribution >= 4 is 56.8 Å².